The fraction of sp³-hybridized carbons (Fsp3) is 0.921. The normalized spacial score (nSPS) is 20.9. The third kappa shape index (κ3) is 20.1. The number of carboxylic acid groups (broad SMARTS) is 1. The van der Waals surface area contributed by atoms with Crippen molar-refractivity contribution >= 4 is 17.8 Å². The lowest BCUT2D eigenvalue weighted by atomic mass is 9.94. The largest absolute Gasteiger partial charge is 0.481 e. The maximum Gasteiger partial charge on any atom is 0.303 e. The van der Waals surface area contributed by atoms with E-state index < -0.39 is 49.1 Å². The minimum Gasteiger partial charge on any atom is -0.481 e. The van der Waals surface area contributed by atoms with Crippen molar-refractivity contribution < 1.29 is 39.5 Å². The Balaban J connectivity index is 2.75. The molecule has 0 aromatic rings. The SMILES string of the molecule is CCCCCCCCCCCCCCN(C(=O)CCCCCCCCCCCCC)[C@@H]1O[C@H](CO)[C@@H](O)[C@H](O)[C@@H]1NC(=O)CCC(=O)O. The van der Waals surface area contributed by atoms with Crippen LogP contribution in [0.4, 0.5) is 0 Å². The van der Waals surface area contributed by atoms with Crippen molar-refractivity contribution in [3.63, 3.8) is 0 Å². The van der Waals surface area contributed by atoms with Gasteiger partial charge in [-0.3, -0.25) is 14.4 Å². The molecule has 10 nitrogen and oxygen atoms in total. The third-order valence-corrected chi connectivity index (χ3v) is 9.67. The lowest BCUT2D eigenvalue weighted by molar-refractivity contribution is -0.231. The van der Waals surface area contributed by atoms with Gasteiger partial charge in [0.2, 0.25) is 11.8 Å². The van der Waals surface area contributed by atoms with Gasteiger partial charge in [-0.2, -0.15) is 0 Å². The Bertz CT molecular complexity index is 829. The molecule has 0 radical (unpaired) electrons. The number of ether oxygens (including phenoxy) is 1. The van der Waals surface area contributed by atoms with Gasteiger partial charge in [-0.05, 0) is 12.8 Å². The Hall–Kier alpha value is -1.75. The first kappa shape index (κ1) is 44.3. The summed E-state index contributed by atoms with van der Waals surface area (Å²) < 4.78 is 6.02. The van der Waals surface area contributed by atoms with Gasteiger partial charge in [0, 0.05) is 19.4 Å². The molecule has 2 amide bonds. The molecule has 5 N–H and O–H groups in total. The van der Waals surface area contributed by atoms with Crippen LogP contribution in [-0.4, -0.2) is 86.8 Å². The first-order valence-corrected chi connectivity index (χ1v) is 19.7. The highest BCUT2D eigenvalue weighted by Crippen LogP contribution is 2.26. The number of nitrogens with one attached hydrogen (secondary N) is 1. The quantitative estimate of drug-likeness (QED) is 0.0489. The molecule has 1 aliphatic rings. The first-order valence-electron chi connectivity index (χ1n) is 19.7. The van der Waals surface area contributed by atoms with Gasteiger partial charge in [0.1, 0.15) is 24.4 Å². The molecule has 0 unspecified atom stereocenters. The van der Waals surface area contributed by atoms with Crippen LogP contribution >= 0.6 is 0 Å². The fourth-order valence-corrected chi connectivity index (χ4v) is 6.60. The summed E-state index contributed by atoms with van der Waals surface area (Å²) in [6.45, 7) is 4.26. The number of carboxylic acids is 1. The number of hydrogen-bond acceptors (Lipinski definition) is 7. The van der Waals surface area contributed by atoms with E-state index in [1.54, 1.807) is 4.90 Å². The van der Waals surface area contributed by atoms with Gasteiger partial charge < -0.3 is 35.4 Å². The van der Waals surface area contributed by atoms with Gasteiger partial charge in [0.15, 0.2) is 6.23 Å². The second-order valence-corrected chi connectivity index (χ2v) is 14.0. The molecule has 0 aromatic carbocycles. The Morgan fingerprint density at radius 2 is 1.04 bits per heavy atom. The number of nitrogens with zero attached hydrogens (tertiary/aromatic N) is 1. The molecule has 1 fully saturated rings. The number of rotatable bonds is 31. The Kier molecular flexibility index (Phi) is 26.8. The predicted octanol–water partition coefficient (Wildman–Crippen LogP) is 7.01. The summed E-state index contributed by atoms with van der Waals surface area (Å²) in [4.78, 5) is 38.9. The molecule has 1 saturated heterocycles. The molecule has 282 valence electrons. The van der Waals surface area contributed by atoms with E-state index in [1.165, 1.54) is 96.3 Å². The highest BCUT2D eigenvalue weighted by atomic mass is 16.5. The zero-order chi connectivity index (χ0) is 35.4. The van der Waals surface area contributed by atoms with Crippen molar-refractivity contribution in [3.05, 3.63) is 0 Å². The Labute approximate surface area is 291 Å². The number of amides is 2. The van der Waals surface area contributed by atoms with E-state index in [4.69, 9.17) is 9.84 Å². The number of unbranched alkanes of at least 4 members (excludes halogenated alkanes) is 21. The highest BCUT2D eigenvalue weighted by Gasteiger charge is 2.48. The lowest BCUT2D eigenvalue weighted by Gasteiger charge is -2.47. The van der Waals surface area contributed by atoms with Crippen molar-refractivity contribution in [1.82, 2.24) is 10.2 Å². The van der Waals surface area contributed by atoms with Crippen LogP contribution in [0, 0.1) is 0 Å². The van der Waals surface area contributed by atoms with Gasteiger partial charge in [0.25, 0.3) is 0 Å². The summed E-state index contributed by atoms with van der Waals surface area (Å²) >= 11 is 0. The molecule has 1 rings (SSSR count). The molecule has 0 aliphatic carbocycles. The first-order chi connectivity index (χ1) is 23.3. The molecule has 0 bridgehead atoms. The number of carbonyl (C=O) groups excluding carboxylic acids is 2. The van der Waals surface area contributed by atoms with Gasteiger partial charge in [-0.25, -0.2) is 0 Å². The monoisotopic (exact) mass is 685 g/mol. The topological polar surface area (TPSA) is 157 Å². The van der Waals surface area contributed by atoms with Crippen LogP contribution in [0.15, 0.2) is 0 Å². The molecule has 0 spiro atoms. The number of carbonyl (C=O) groups is 3. The van der Waals surface area contributed by atoms with Crippen molar-refractivity contribution in [2.45, 2.75) is 211 Å². The van der Waals surface area contributed by atoms with Crippen LogP contribution in [0.1, 0.15) is 181 Å². The second-order valence-electron chi connectivity index (χ2n) is 14.0. The molecule has 0 saturated carbocycles. The zero-order valence-electron chi connectivity index (χ0n) is 30.6. The van der Waals surface area contributed by atoms with E-state index in [9.17, 15) is 29.7 Å². The van der Waals surface area contributed by atoms with Crippen molar-refractivity contribution in [1.29, 1.82) is 0 Å². The minimum atomic E-state index is -1.51. The molecule has 0 aromatic heterocycles. The summed E-state index contributed by atoms with van der Waals surface area (Å²) in [5.41, 5.74) is 0. The fourth-order valence-electron chi connectivity index (χ4n) is 6.60. The van der Waals surface area contributed by atoms with E-state index in [0.29, 0.717) is 13.0 Å². The average Bonchev–Trinajstić information content (AvgIpc) is 3.07. The molecule has 10 heteroatoms. The number of hydrogen-bond donors (Lipinski definition) is 5. The Morgan fingerprint density at radius 1 is 0.604 bits per heavy atom. The predicted molar refractivity (Wildman–Crippen MR) is 190 cm³/mol. The van der Waals surface area contributed by atoms with E-state index >= 15 is 0 Å². The van der Waals surface area contributed by atoms with E-state index in [0.717, 1.165) is 51.4 Å². The van der Waals surface area contributed by atoms with Crippen molar-refractivity contribution in [3.8, 4) is 0 Å². The van der Waals surface area contributed by atoms with Crippen LogP contribution in [0.25, 0.3) is 0 Å². The summed E-state index contributed by atoms with van der Waals surface area (Å²) in [5, 5.41) is 43.1. The van der Waals surface area contributed by atoms with E-state index in [1.807, 2.05) is 0 Å². The molecule has 1 aliphatic heterocycles. The standard InChI is InChI=1S/C38H72N2O8/c1-3-5-7-9-11-13-15-17-19-21-23-25-29-40(33(43)26-24-22-20-18-16-14-12-10-8-6-4-2)38-35(39-32(42)27-28-34(44)45)37(47)36(46)31(30-41)48-38/h31,35-38,41,46-47H,3-30H2,1-2H3,(H,39,42)(H,44,45)/t31-,35+,36-,37-,38-/m1/s1. The van der Waals surface area contributed by atoms with Crippen LogP contribution in [0.5, 0.6) is 0 Å². The van der Waals surface area contributed by atoms with E-state index in [-0.39, 0.29) is 18.7 Å². The molecular formula is C38H72N2O8. The van der Waals surface area contributed by atoms with Crippen LogP contribution in [0.3, 0.4) is 0 Å². The van der Waals surface area contributed by atoms with Crippen LogP contribution in [-0.2, 0) is 19.1 Å². The smallest absolute Gasteiger partial charge is 0.303 e. The summed E-state index contributed by atoms with van der Waals surface area (Å²) in [7, 11) is 0. The van der Waals surface area contributed by atoms with Crippen molar-refractivity contribution in [2.75, 3.05) is 13.2 Å². The average molecular weight is 685 g/mol. The van der Waals surface area contributed by atoms with Gasteiger partial charge in [0.05, 0.1) is 13.0 Å². The lowest BCUT2D eigenvalue weighted by Crippen LogP contribution is -2.68. The van der Waals surface area contributed by atoms with Gasteiger partial charge >= 0.3 is 5.97 Å². The maximum absolute atomic E-state index is 13.7. The Morgan fingerprint density at radius 3 is 1.48 bits per heavy atom. The molecular weight excluding hydrogens is 612 g/mol. The number of aliphatic hydroxyl groups excluding tert-OH is 3. The zero-order valence-corrected chi connectivity index (χ0v) is 30.6. The minimum absolute atomic E-state index is 0.149. The third-order valence-electron chi connectivity index (χ3n) is 9.67. The van der Waals surface area contributed by atoms with Gasteiger partial charge in [-0.1, -0.05) is 149 Å². The summed E-state index contributed by atoms with van der Waals surface area (Å²) in [6.07, 6.45) is 21.4. The summed E-state index contributed by atoms with van der Waals surface area (Å²) in [5.74, 6) is -1.89. The summed E-state index contributed by atoms with van der Waals surface area (Å²) in [6, 6.07) is -1.16. The van der Waals surface area contributed by atoms with Crippen LogP contribution < -0.4 is 5.32 Å². The molecule has 48 heavy (non-hydrogen) atoms. The van der Waals surface area contributed by atoms with E-state index in [2.05, 4.69) is 19.2 Å². The number of aliphatic carboxylic acids is 1. The molecule has 1 heterocycles. The second kappa shape index (κ2) is 29.0. The highest BCUT2D eigenvalue weighted by molar-refractivity contribution is 5.81. The molecule has 5 atom stereocenters. The van der Waals surface area contributed by atoms with Crippen molar-refractivity contribution in [2.24, 2.45) is 0 Å². The number of aliphatic hydroxyl groups is 3. The van der Waals surface area contributed by atoms with Gasteiger partial charge in [-0.15, -0.1) is 0 Å². The van der Waals surface area contributed by atoms with Crippen LogP contribution in [0.2, 0.25) is 0 Å². The maximum atomic E-state index is 13.7.